The molecule has 106 valence electrons. The molecule has 4 nitrogen and oxygen atoms in total. The van der Waals surface area contributed by atoms with Gasteiger partial charge in [0.2, 0.25) is 5.95 Å². The lowest BCUT2D eigenvalue weighted by atomic mass is 10.1. The summed E-state index contributed by atoms with van der Waals surface area (Å²) in [5, 5.41) is 4.42. The van der Waals surface area contributed by atoms with Gasteiger partial charge in [0.05, 0.1) is 17.9 Å². The van der Waals surface area contributed by atoms with E-state index in [0.29, 0.717) is 0 Å². The second-order valence-corrected chi connectivity index (χ2v) is 5.51. The Morgan fingerprint density at radius 1 is 0.864 bits per heavy atom. The highest BCUT2D eigenvalue weighted by molar-refractivity contribution is 5.83. The minimum Gasteiger partial charge on any atom is -0.282 e. The lowest BCUT2D eigenvalue weighted by molar-refractivity contribution is 0.823. The Morgan fingerprint density at radius 3 is 2.50 bits per heavy atom. The maximum Gasteiger partial charge on any atom is 0.233 e. The van der Waals surface area contributed by atoms with Crippen LogP contribution in [0.5, 0.6) is 0 Å². The Bertz CT molecular complexity index is 879. The molecule has 4 heteroatoms. The van der Waals surface area contributed by atoms with E-state index in [1.807, 2.05) is 12.4 Å². The highest BCUT2D eigenvalue weighted by Crippen LogP contribution is 2.40. The van der Waals surface area contributed by atoms with E-state index in [2.05, 4.69) is 80.4 Å². The van der Waals surface area contributed by atoms with Crippen molar-refractivity contribution >= 4 is 17.2 Å². The lowest BCUT2D eigenvalue weighted by Crippen LogP contribution is -2.40. The number of para-hydroxylation sites is 2. The van der Waals surface area contributed by atoms with Crippen LogP contribution in [-0.4, -0.2) is 16.1 Å². The van der Waals surface area contributed by atoms with E-state index < -0.39 is 0 Å². The molecule has 0 amide bonds. The van der Waals surface area contributed by atoms with Crippen molar-refractivity contribution < 1.29 is 0 Å². The molecule has 0 fully saturated rings. The predicted molar refractivity (Wildman–Crippen MR) is 87.8 cm³/mol. The van der Waals surface area contributed by atoms with Crippen LogP contribution >= 0.6 is 0 Å². The first kappa shape index (κ1) is 11.6. The highest BCUT2D eigenvalue weighted by atomic mass is 15.7. The number of aromatic nitrogens is 2. The zero-order valence-electron chi connectivity index (χ0n) is 11.9. The molecule has 0 aliphatic carbocycles. The number of hydrazine groups is 1. The van der Waals surface area contributed by atoms with E-state index >= 15 is 0 Å². The third kappa shape index (κ3) is 1.49. The van der Waals surface area contributed by atoms with Crippen LogP contribution in [0.2, 0.25) is 0 Å². The van der Waals surface area contributed by atoms with Crippen molar-refractivity contribution in [3.63, 3.8) is 0 Å². The molecule has 3 aromatic rings. The molecule has 5 rings (SSSR count). The first-order valence-electron chi connectivity index (χ1n) is 7.37. The highest BCUT2D eigenvalue weighted by Gasteiger charge is 2.33. The van der Waals surface area contributed by atoms with Gasteiger partial charge in [-0.15, -0.1) is 0 Å². The van der Waals surface area contributed by atoms with Crippen LogP contribution in [0.15, 0.2) is 73.2 Å². The van der Waals surface area contributed by atoms with Gasteiger partial charge < -0.3 is 0 Å². The summed E-state index contributed by atoms with van der Waals surface area (Å²) in [6.07, 6.45) is 6.05. The molecular formula is C18H14N4. The Labute approximate surface area is 128 Å². The van der Waals surface area contributed by atoms with E-state index in [1.54, 1.807) is 0 Å². The van der Waals surface area contributed by atoms with E-state index in [4.69, 9.17) is 0 Å². The van der Waals surface area contributed by atoms with Crippen LogP contribution in [0.1, 0.15) is 5.56 Å². The number of hydrogen-bond acceptors (Lipinski definition) is 3. The first-order valence-corrected chi connectivity index (χ1v) is 7.37. The normalized spacial score (nSPS) is 15.2. The van der Waals surface area contributed by atoms with E-state index in [9.17, 15) is 0 Å². The third-order valence-electron chi connectivity index (χ3n) is 4.25. The van der Waals surface area contributed by atoms with Gasteiger partial charge >= 0.3 is 0 Å². The molecule has 0 spiro atoms. The van der Waals surface area contributed by atoms with Crippen LogP contribution < -0.4 is 10.0 Å². The van der Waals surface area contributed by atoms with Crippen molar-refractivity contribution in [3.05, 3.63) is 78.8 Å². The first-order chi connectivity index (χ1) is 10.9. The number of nitrogens with zero attached hydrogens (tertiary/aromatic N) is 4. The molecule has 2 aromatic carbocycles. The van der Waals surface area contributed by atoms with Crippen molar-refractivity contribution in [1.82, 2.24) is 9.55 Å². The fourth-order valence-electron chi connectivity index (χ4n) is 3.22. The Balaban J connectivity index is 1.68. The van der Waals surface area contributed by atoms with Gasteiger partial charge in [-0.05, 0) is 23.3 Å². The quantitative estimate of drug-likeness (QED) is 0.684. The number of rotatable bonds is 1. The molecular weight excluding hydrogens is 272 g/mol. The minimum atomic E-state index is 0.855. The van der Waals surface area contributed by atoms with Crippen LogP contribution in [0.3, 0.4) is 0 Å². The molecule has 2 aliphatic heterocycles. The van der Waals surface area contributed by atoms with Crippen molar-refractivity contribution in [2.45, 2.75) is 0 Å². The maximum absolute atomic E-state index is 4.53. The molecule has 0 unspecified atom stereocenters. The molecule has 3 heterocycles. The average molecular weight is 286 g/mol. The van der Waals surface area contributed by atoms with Crippen molar-refractivity contribution in [3.8, 4) is 5.69 Å². The van der Waals surface area contributed by atoms with E-state index in [1.165, 1.54) is 22.5 Å². The molecule has 0 bridgehead atoms. The van der Waals surface area contributed by atoms with Gasteiger partial charge in [0.25, 0.3) is 0 Å². The number of fused-ring (bicyclic) bond motifs is 6. The molecule has 2 aliphatic rings. The van der Waals surface area contributed by atoms with Crippen molar-refractivity contribution in [2.24, 2.45) is 0 Å². The summed E-state index contributed by atoms with van der Waals surface area (Å²) in [5.41, 5.74) is 4.93. The average Bonchev–Trinajstić information content (AvgIpc) is 3.23. The van der Waals surface area contributed by atoms with Gasteiger partial charge in [0.15, 0.2) is 0 Å². The number of imidazole rings is 1. The van der Waals surface area contributed by atoms with Crippen molar-refractivity contribution in [1.29, 1.82) is 0 Å². The lowest BCUT2D eigenvalue weighted by Gasteiger charge is -2.36. The van der Waals surface area contributed by atoms with Crippen LogP contribution in [0.25, 0.3) is 11.3 Å². The zero-order chi connectivity index (χ0) is 14.5. The number of hydrogen-bond donors (Lipinski definition) is 0. The van der Waals surface area contributed by atoms with Crippen LogP contribution in [0.4, 0.5) is 11.6 Å². The largest absolute Gasteiger partial charge is 0.282 e. The summed E-state index contributed by atoms with van der Waals surface area (Å²) >= 11 is 0. The second-order valence-electron chi connectivity index (χ2n) is 5.51. The Hall–Kier alpha value is -3.01. The van der Waals surface area contributed by atoms with Gasteiger partial charge in [-0.1, -0.05) is 42.5 Å². The fourth-order valence-corrected chi connectivity index (χ4v) is 3.22. The molecule has 0 saturated carbocycles. The van der Waals surface area contributed by atoms with E-state index in [-0.39, 0.29) is 0 Å². The van der Waals surface area contributed by atoms with Gasteiger partial charge in [-0.3, -0.25) is 9.58 Å². The number of benzene rings is 2. The minimum absolute atomic E-state index is 0.855. The zero-order valence-corrected chi connectivity index (χ0v) is 11.9. The van der Waals surface area contributed by atoms with Gasteiger partial charge in [0.1, 0.15) is 0 Å². The summed E-state index contributed by atoms with van der Waals surface area (Å²) in [6, 6.07) is 19.0. The molecule has 0 atom stereocenters. The van der Waals surface area contributed by atoms with Gasteiger partial charge in [0, 0.05) is 18.6 Å². The third-order valence-corrected chi connectivity index (χ3v) is 4.25. The Kier molecular flexibility index (Phi) is 2.24. The number of anilines is 2. The fraction of sp³-hybridized carbons (Fsp3) is 0.0556. The van der Waals surface area contributed by atoms with E-state index in [0.717, 1.165) is 12.5 Å². The summed E-state index contributed by atoms with van der Waals surface area (Å²) in [4.78, 5) is 4.53. The Morgan fingerprint density at radius 2 is 1.64 bits per heavy atom. The smallest absolute Gasteiger partial charge is 0.233 e. The second kappa shape index (κ2) is 4.24. The molecule has 22 heavy (non-hydrogen) atoms. The monoisotopic (exact) mass is 286 g/mol. The molecule has 0 N–H and O–H groups in total. The SMILES string of the molecule is C1=C(c2ccccc2)CN2c3ccccc3-n3ccnc3N12. The summed E-state index contributed by atoms with van der Waals surface area (Å²) in [5.74, 6) is 0.935. The topological polar surface area (TPSA) is 24.3 Å². The summed E-state index contributed by atoms with van der Waals surface area (Å²) in [7, 11) is 0. The van der Waals surface area contributed by atoms with Crippen LogP contribution in [0, 0.1) is 0 Å². The van der Waals surface area contributed by atoms with Crippen molar-refractivity contribution in [2.75, 3.05) is 16.6 Å². The summed E-state index contributed by atoms with van der Waals surface area (Å²) in [6.45, 7) is 0.855. The predicted octanol–water partition coefficient (Wildman–Crippen LogP) is 3.47. The molecule has 1 aromatic heterocycles. The standard InChI is InChI=1S/C18H14N4/c1-2-6-14(7-3-1)15-12-21-17-9-5-4-8-16(17)20-11-10-19-18(20)22(21)13-15/h1-11,13H,12H2. The molecule has 0 radical (unpaired) electrons. The van der Waals surface area contributed by atoms with Gasteiger partial charge in [-0.2, -0.15) is 0 Å². The van der Waals surface area contributed by atoms with Gasteiger partial charge in [-0.25, -0.2) is 9.99 Å². The summed E-state index contributed by atoms with van der Waals surface area (Å²) < 4.78 is 2.14. The maximum atomic E-state index is 4.53. The molecule has 0 saturated heterocycles. The van der Waals surface area contributed by atoms with Crippen LogP contribution in [-0.2, 0) is 0 Å².